The fraction of sp³-hybridized carbons (Fsp3) is 0.0526. The Morgan fingerprint density at radius 3 is 2.13 bits per heavy atom. The van der Waals surface area contributed by atoms with Crippen molar-refractivity contribution in [3.8, 4) is 0 Å². The summed E-state index contributed by atoms with van der Waals surface area (Å²) in [6.07, 6.45) is 0. The number of esters is 1. The highest BCUT2D eigenvalue weighted by atomic mass is 16.5. The van der Waals surface area contributed by atoms with Crippen molar-refractivity contribution in [2.45, 2.75) is 0 Å². The lowest BCUT2D eigenvalue weighted by molar-refractivity contribution is 0.0595. The molecule has 6 N–H and O–H groups in total. The van der Waals surface area contributed by atoms with Gasteiger partial charge in [-0.2, -0.15) is 0 Å². The number of anilines is 2. The Morgan fingerprint density at radius 2 is 1.43 bits per heavy atom. The second kappa shape index (κ2) is 6.24. The van der Waals surface area contributed by atoms with Crippen LogP contribution in [0.4, 0.5) is 11.4 Å². The summed E-state index contributed by atoms with van der Waals surface area (Å²) in [5.74, 6) is -0.740. The molecule has 0 radical (unpaired) electrons. The Balaban J connectivity index is 1.74. The van der Waals surface area contributed by atoms with Gasteiger partial charge in [-0.25, -0.2) is 14.4 Å². The van der Waals surface area contributed by atoms with Gasteiger partial charge in [-0.05, 0) is 30.3 Å². The normalized spacial score (nSPS) is 11.4. The molecule has 0 atom stereocenters. The van der Waals surface area contributed by atoms with Gasteiger partial charge in [0.25, 0.3) is 0 Å². The quantitative estimate of drug-likeness (QED) is 0.247. The lowest BCUT2D eigenvalue weighted by Gasteiger charge is -2.12. The number of H-pyrrole nitrogens is 5. The van der Waals surface area contributed by atoms with E-state index in [1.807, 2.05) is 0 Å². The van der Waals surface area contributed by atoms with Gasteiger partial charge in [-0.15, -0.1) is 0 Å². The summed E-state index contributed by atoms with van der Waals surface area (Å²) in [4.78, 5) is 62.0. The molecule has 0 spiro atoms. The maximum absolute atomic E-state index is 13.2. The minimum Gasteiger partial charge on any atom is -0.464 e. The molecule has 150 valence electrons. The first-order valence-corrected chi connectivity index (χ1v) is 8.82. The number of hydrogen-bond donors (Lipinski definition) is 6. The number of imidazole rings is 2. The third kappa shape index (κ3) is 2.68. The maximum atomic E-state index is 13.2. The van der Waals surface area contributed by atoms with Gasteiger partial charge < -0.3 is 35.0 Å². The van der Waals surface area contributed by atoms with E-state index >= 15 is 0 Å². The summed E-state index contributed by atoms with van der Waals surface area (Å²) in [6.45, 7) is 0. The third-order valence-corrected chi connectivity index (χ3v) is 4.81. The fourth-order valence-corrected chi connectivity index (χ4v) is 3.45. The number of hydrogen-bond acceptors (Lipinski definition) is 6. The van der Waals surface area contributed by atoms with E-state index in [2.05, 4.69) is 30.2 Å². The SMILES string of the molecule is COC(=O)c1[nH]c2cc3[nH]c(=O)[nH]c3cc2c(=O)c1Nc1ccc2[nH]c(=O)[nH]c2c1. The van der Waals surface area contributed by atoms with Gasteiger partial charge in [0.1, 0.15) is 5.69 Å². The van der Waals surface area contributed by atoms with E-state index in [0.717, 1.165) is 0 Å². The number of aromatic amines is 5. The average molecular weight is 406 g/mol. The number of aromatic nitrogens is 5. The van der Waals surface area contributed by atoms with Gasteiger partial charge in [0, 0.05) is 11.1 Å². The van der Waals surface area contributed by atoms with Crippen LogP contribution in [-0.4, -0.2) is 38.0 Å². The van der Waals surface area contributed by atoms with Crippen molar-refractivity contribution in [3.63, 3.8) is 0 Å². The number of carbonyl (C=O) groups excluding carboxylic acids is 1. The summed E-state index contributed by atoms with van der Waals surface area (Å²) in [7, 11) is 1.21. The summed E-state index contributed by atoms with van der Waals surface area (Å²) >= 11 is 0. The molecule has 0 amide bonds. The number of carbonyl (C=O) groups is 1. The highest BCUT2D eigenvalue weighted by Gasteiger charge is 2.20. The molecular formula is C19H14N6O5. The Bertz CT molecular complexity index is 1650. The highest BCUT2D eigenvalue weighted by Crippen LogP contribution is 2.24. The molecule has 0 saturated heterocycles. The first-order valence-electron chi connectivity index (χ1n) is 8.82. The molecule has 0 aliphatic carbocycles. The molecule has 30 heavy (non-hydrogen) atoms. The molecule has 11 nitrogen and oxygen atoms in total. The molecule has 5 rings (SSSR count). The molecule has 3 heterocycles. The van der Waals surface area contributed by atoms with Gasteiger partial charge in [0.15, 0.2) is 5.69 Å². The van der Waals surface area contributed by atoms with E-state index in [4.69, 9.17) is 4.74 Å². The molecule has 11 heteroatoms. The molecule has 0 unspecified atom stereocenters. The van der Waals surface area contributed by atoms with Gasteiger partial charge in [-0.3, -0.25) is 4.79 Å². The summed E-state index contributed by atoms with van der Waals surface area (Å²) in [5.41, 5.74) is 1.59. The van der Waals surface area contributed by atoms with Crippen LogP contribution >= 0.6 is 0 Å². The molecule has 0 bridgehead atoms. The zero-order valence-electron chi connectivity index (χ0n) is 15.4. The van der Waals surface area contributed by atoms with Crippen LogP contribution in [0.5, 0.6) is 0 Å². The molecule has 0 aliphatic rings. The molecule has 0 aliphatic heterocycles. The molecule has 5 aromatic rings. The van der Waals surface area contributed by atoms with Crippen molar-refractivity contribution in [1.29, 1.82) is 0 Å². The average Bonchev–Trinajstić information content (AvgIpc) is 3.27. The van der Waals surface area contributed by atoms with Crippen LogP contribution in [0.15, 0.2) is 44.7 Å². The molecule has 3 aromatic heterocycles. The number of rotatable bonds is 3. The van der Waals surface area contributed by atoms with Crippen LogP contribution in [0.25, 0.3) is 33.0 Å². The number of pyridine rings is 1. The van der Waals surface area contributed by atoms with E-state index in [1.54, 1.807) is 24.3 Å². The lowest BCUT2D eigenvalue weighted by Crippen LogP contribution is -2.18. The lowest BCUT2D eigenvalue weighted by atomic mass is 10.1. The van der Waals surface area contributed by atoms with E-state index in [9.17, 15) is 19.2 Å². The molecule has 2 aromatic carbocycles. The molecular weight excluding hydrogens is 392 g/mol. The first kappa shape index (κ1) is 17.6. The number of nitrogens with one attached hydrogen (secondary N) is 6. The van der Waals surface area contributed by atoms with Crippen molar-refractivity contribution < 1.29 is 9.53 Å². The number of methoxy groups -OCH3 is 1. The maximum Gasteiger partial charge on any atom is 0.356 e. The van der Waals surface area contributed by atoms with E-state index in [0.29, 0.717) is 33.3 Å². The first-order chi connectivity index (χ1) is 14.4. The molecule has 0 saturated carbocycles. The van der Waals surface area contributed by atoms with Crippen LogP contribution in [0.3, 0.4) is 0 Å². The predicted molar refractivity (Wildman–Crippen MR) is 111 cm³/mol. The minimum absolute atomic E-state index is 0.0242. The number of fused-ring (bicyclic) bond motifs is 3. The minimum atomic E-state index is -0.740. The summed E-state index contributed by atoms with van der Waals surface area (Å²) < 4.78 is 4.82. The number of benzene rings is 2. The van der Waals surface area contributed by atoms with Crippen molar-refractivity contribution in [1.82, 2.24) is 24.9 Å². The second-order valence-electron chi connectivity index (χ2n) is 6.68. The Hall–Kier alpha value is -4.54. The Morgan fingerprint density at radius 1 is 0.800 bits per heavy atom. The number of ether oxygens (including phenoxy) is 1. The van der Waals surface area contributed by atoms with Gasteiger partial charge in [0.2, 0.25) is 5.43 Å². The summed E-state index contributed by atoms with van der Waals surface area (Å²) in [6, 6.07) is 8.04. The highest BCUT2D eigenvalue weighted by molar-refractivity contribution is 6.01. The van der Waals surface area contributed by atoms with Crippen molar-refractivity contribution >= 4 is 50.3 Å². The van der Waals surface area contributed by atoms with Crippen LogP contribution < -0.4 is 22.1 Å². The van der Waals surface area contributed by atoms with Gasteiger partial charge in [-0.1, -0.05) is 0 Å². The van der Waals surface area contributed by atoms with Crippen LogP contribution in [0.1, 0.15) is 10.5 Å². The van der Waals surface area contributed by atoms with Gasteiger partial charge >= 0.3 is 17.3 Å². The standard InChI is InChI=1S/C19H14N6O5/c1-30-17(27)15-14(20-7-2-3-9-11(4-7)23-18(28)22-9)16(26)8-5-12-13(6-10(8)21-15)25-19(29)24-12/h2-6,20H,1H3,(H,21,26)(H2,22,23,28)(H2,24,25,29). The molecule has 0 fully saturated rings. The van der Waals surface area contributed by atoms with Crippen LogP contribution in [0.2, 0.25) is 0 Å². The van der Waals surface area contributed by atoms with E-state index in [1.165, 1.54) is 13.2 Å². The Labute approximate surface area is 165 Å². The van der Waals surface area contributed by atoms with Gasteiger partial charge in [0.05, 0.1) is 34.7 Å². The van der Waals surface area contributed by atoms with E-state index in [-0.39, 0.29) is 22.5 Å². The monoisotopic (exact) mass is 406 g/mol. The van der Waals surface area contributed by atoms with Crippen LogP contribution in [-0.2, 0) is 4.74 Å². The largest absolute Gasteiger partial charge is 0.464 e. The zero-order chi connectivity index (χ0) is 21.0. The van der Waals surface area contributed by atoms with Crippen molar-refractivity contribution in [2.24, 2.45) is 0 Å². The third-order valence-electron chi connectivity index (χ3n) is 4.81. The topological polar surface area (TPSA) is 168 Å². The smallest absolute Gasteiger partial charge is 0.356 e. The van der Waals surface area contributed by atoms with Crippen molar-refractivity contribution in [2.75, 3.05) is 12.4 Å². The second-order valence-corrected chi connectivity index (χ2v) is 6.68. The van der Waals surface area contributed by atoms with Crippen LogP contribution in [0, 0.1) is 0 Å². The van der Waals surface area contributed by atoms with Crippen molar-refractivity contribution in [3.05, 3.63) is 67.2 Å². The predicted octanol–water partition coefficient (Wildman–Crippen LogP) is 1.40. The zero-order valence-corrected chi connectivity index (χ0v) is 15.4. The summed E-state index contributed by atoms with van der Waals surface area (Å²) in [5, 5.41) is 3.21. The van der Waals surface area contributed by atoms with E-state index < -0.39 is 17.1 Å². The Kier molecular flexibility index (Phi) is 3.65. The fourth-order valence-electron chi connectivity index (χ4n) is 3.45.